The minimum atomic E-state index is 0.287. The number of amides is 1. The second-order valence-corrected chi connectivity index (χ2v) is 8.78. The molecule has 1 amide bonds. The van der Waals surface area contributed by atoms with Crippen LogP contribution in [-0.2, 0) is 4.79 Å². The zero-order chi connectivity index (χ0) is 20.8. The molecule has 1 aliphatic carbocycles. The molecule has 2 aromatic heterocycles. The highest BCUT2D eigenvalue weighted by atomic mass is 16.5. The number of fused-ring (bicyclic) bond motifs is 1. The number of hydrogen-bond donors (Lipinski definition) is 1. The SMILES string of the molecule is O=C(C1CC1)N1CCN(c2ccnn3cc(-c4ccc(OC5CNC5)cc4)cc23)CC1. The maximum absolute atomic E-state index is 12.4. The summed E-state index contributed by atoms with van der Waals surface area (Å²) in [6, 6.07) is 12.6. The summed E-state index contributed by atoms with van der Waals surface area (Å²) in [5.74, 6) is 1.57. The summed E-state index contributed by atoms with van der Waals surface area (Å²) in [5.41, 5.74) is 4.56. The van der Waals surface area contributed by atoms with Gasteiger partial charge in [-0.15, -0.1) is 0 Å². The monoisotopic (exact) mass is 417 g/mol. The number of aromatic nitrogens is 2. The van der Waals surface area contributed by atoms with Gasteiger partial charge in [0.25, 0.3) is 0 Å². The standard InChI is InChI=1S/C24H27N5O2/c30-24(18-1-2-18)28-11-9-27(10-12-28)22-7-8-26-29-16-19(13-23(22)29)17-3-5-20(6-4-17)31-21-14-25-15-21/h3-8,13,16,18,21,25H,1-2,9-12,14-15H2. The van der Waals surface area contributed by atoms with Crippen LogP contribution < -0.4 is 15.0 Å². The third-order valence-electron chi connectivity index (χ3n) is 6.58. The van der Waals surface area contributed by atoms with E-state index < -0.39 is 0 Å². The molecule has 3 aliphatic rings. The van der Waals surface area contributed by atoms with E-state index in [2.05, 4.69) is 45.8 Å². The number of carbonyl (C=O) groups is 1. The topological polar surface area (TPSA) is 62.1 Å². The lowest BCUT2D eigenvalue weighted by molar-refractivity contribution is -0.132. The average Bonchev–Trinajstić information content (AvgIpc) is 3.54. The minimum Gasteiger partial charge on any atom is -0.488 e. The van der Waals surface area contributed by atoms with Crippen LogP contribution in [0.5, 0.6) is 5.75 Å². The summed E-state index contributed by atoms with van der Waals surface area (Å²) < 4.78 is 7.88. The number of rotatable bonds is 5. The fourth-order valence-electron chi connectivity index (χ4n) is 4.45. The van der Waals surface area contributed by atoms with Crippen molar-refractivity contribution in [2.24, 2.45) is 5.92 Å². The summed E-state index contributed by atoms with van der Waals surface area (Å²) in [6.07, 6.45) is 6.37. The van der Waals surface area contributed by atoms with Crippen LogP contribution in [0, 0.1) is 5.92 Å². The molecule has 31 heavy (non-hydrogen) atoms. The number of hydrogen-bond acceptors (Lipinski definition) is 5. The van der Waals surface area contributed by atoms with Crippen molar-refractivity contribution in [1.29, 1.82) is 0 Å². The van der Waals surface area contributed by atoms with Gasteiger partial charge in [-0.05, 0) is 42.7 Å². The van der Waals surface area contributed by atoms with Crippen molar-refractivity contribution in [2.75, 3.05) is 44.2 Å². The average molecular weight is 418 g/mol. The number of piperazine rings is 1. The van der Waals surface area contributed by atoms with Gasteiger partial charge in [0.2, 0.25) is 5.91 Å². The lowest BCUT2D eigenvalue weighted by atomic mass is 10.1. The van der Waals surface area contributed by atoms with Crippen LogP contribution in [0.4, 0.5) is 5.69 Å². The van der Waals surface area contributed by atoms with Crippen molar-refractivity contribution in [3.8, 4) is 16.9 Å². The molecule has 3 aromatic rings. The second kappa shape index (κ2) is 7.57. The summed E-state index contributed by atoms with van der Waals surface area (Å²) in [5, 5.41) is 7.75. The molecule has 3 fully saturated rings. The highest BCUT2D eigenvalue weighted by Crippen LogP contribution is 2.33. The Morgan fingerprint density at radius 3 is 2.45 bits per heavy atom. The van der Waals surface area contributed by atoms with E-state index in [1.807, 2.05) is 27.7 Å². The molecular weight excluding hydrogens is 390 g/mol. The van der Waals surface area contributed by atoms with Crippen LogP contribution >= 0.6 is 0 Å². The Morgan fingerprint density at radius 2 is 1.77 bits per heavy atom. The third kappa shape index (κ3) is 3.63. The van der Waals surface area contributed by atoms with E-state index >= 15 is 0 Å². The Balaban J connectivity index is 1.20. The van der Waals surface area contributed by atoms with Crippen LogP contribution in [0.1, 0.15) is 12.8 Å². The van der Waals surface area contributed by atoms with E-state index in [9.17, 15) is 4.79 Å². The van der Waals surface area contributed by atoms with Crippen molar-refractivity contribution < 1.29 is 9.53 Å². The molecule has 1 N–H and O–H groups in total. The van der Waals surface area contributed by atoms with E-state index in [0.29, 0.717) is 11.8 Å². The van der Waals surface area contributed by atoms with Crippen molar-refractivity contribution in [3.63, 3.8) is 0 Å². The first-order valence-electron chi connectivity index (χ1n) is 11.2. The summed E-state index contributed by atoms with van der Waals surface area (Å²) >= 11 is 0. The smallest absolute Gasteiger partial charge is 0.225 e. The van der Waals surface area contributed by atoms with Crippen LogP contribution in [-0.4, -0.2) is 65.8 Å². The number of benzene rings is 1. The first kappa shape index (κ1) is 18.7. The van der Waals surface area contributed by atoms with Gasteiger partial charge in [0, 0.05) is 63.1 Å². The maximum Gasteiger partial charge on any atom is 0.225 e. The van der Waals surface area contributed by atoms with E-state index in [4.69, 9.17) is 4.74 Å². The van der Waals surface area contributed by atoms with Gasteiger partial charge in [0.1, 0.15) is 11.9 Å². The number of ether oxygens (including phenoxy) is 1. The Kier molecular flexibility index (Phi) is 4.56. The highest BCUT2D eigenvalue weighted by molar-refractivity contribution is 5.82. The molecule has 2 aliphatic heterocycles. The van der Waals surface area contributed by atoms with Crippen LogP contribution in [0.15, 0.2) is 48.8 Å². The molecule has 1 aromatic carbocycles. The zero-order valence-corrected chi connectivity index (χ0v) is 17.5. The van der Waals surface area contributed by atoms with Crippen molar-refractivity contribution in [3.05, 3.63) is 48.8 Å². The van der Waals surface area contributed by atoms with E-state index in [0.717, 1.165) is 74.5 Å². The molecule has 0 atom stereocenters. The quantitative estimate of drug-likeness (QED) is 0.691. The lowest BCUT2D eigenvalue weighted by Gasteiger charge is -2.36. The van der Waals surface area contributed by atoms with Gasteiger partial charge in [-0.1, -0.05) is 12.1 Å². The third-order valence-corrected chi connectivity index (χ3v) is 6.58. The minimum absolute atomic E-state index is 0.287. The number of carbonyl (C=O) groups excluding carboxylic acids is 1. The number of nitrogens with zero attached hydrogens (tertiary/aromatic N) is 4. The van der Waals surface area contributed by atoms with Gasteiger partial charge in [-0.25, -0.2) is 4.52 Å². The molecule has 6 rings (SSSR count). The fraction of sp³-hybridized carbons (Fsp3) is 0.417. The molecular formula is C24H27N5O2. The van der Waals surface area contributed by atoms with Crippen molar-refractivity contribution in [1.82, 2.24) is 19.8 Å². The molecule has 1 saturated carbocycles. The molecule has 7 heteroatoms. The summed E-state index contributed by atoms with van der Waals surface area (Å²) in [4.78, 5) is 16.8. The van der Waals surface area contributed by atoms with Crippen LogP contribution in [0.25, 0.3) is 16.6 Å². The Labute approximate surface area is 181 Å². The van der Waals surface area contributed by atoms with Gasteiger partial charge in [0.05, 0.1) is 11.2 Å². The maximum atomic E-state index is 12.4. The van der Waals surface area contributed by atoms with E-state index in [-0.39, 0.29) is 6.10 Å². The molecule has 0 unspecified atom stereocenters. The van der Waals surface area contributed by atoms with Gasteiger partial charge in [-0.3, -0.25) is 4.79 Å². The van der Waals surface area contributed by atoms with Gasteiger partial charge in [-0.2, -0.15) is 5.10 Å². The summed E-state index contributed by atoms with van der Waals surface area (Å²) in [7, 11) is 0. The predicted octanol–water partition coefficient (Wildman–Crippen LogP) is 2.41. The van der Waals surface area contributed by atoms with E-state index in [1.165, 1.54) is 5.69 Å². The molecule has 0 spiro atoms. The summed E-state index contributed by atoms with van der Waals surface area (Å²) in [6.45, 7) is 5.17. The van der Waals surface area contributed by atoms with Crippen molar-refractivity contribution in [2.45, 2.75) is 18.9 Å². The molecule has 0 bridgehead atoms. The predicted molar refractivity (Wildman–Crippen MR) is 119 cm³/mol. The normalized spacial score (nSPS) is 19.5. The van der Waals surface area contributed by atoms with Gasteiger partial charge in [0.15, 0.2) is 0 Å². The molecule has 7 nitrogen and oxygen atoms in total. The Morgan fingerprint density at radius 1 is 1.00 bits per heavy atom. The number of nitrogens with one attached hydrogen (secondary N) is 1. The van der Waals surface area contributed by atoms with Crippen LogP contribution in [0.3, 0.4) is 0 Å². The van der Waals surface area contributed by atoms with Crippen molar-refractivity contribution >= 4 is 17.1 Å². The molecule has 0 radical (unpaired) electrons. The molecule has 160 valence electrons. The lowest BCUT2D eigenvalue weighted by Crippen LogP contribution is -2.50. The Hall–Kier alpha value is -3.06. The van der Waals surface area contributed by atoms with Gasteiger partial charge < -0.3 is 19.9 Å². The van der Waals surface area contributed by atoms with Crippen LogP contribution in [0.2, 0.25) is 0 Å². The molecule has 4 heterocycles. The highest BCUT2D eigenvalue weighted by Gasteiger charge is 2.34. The first-order chi connectivity index (χ1) is 15.2. The zero-order valence-electron chi connectivity index (χ0n) is 17.5. The Bertz CT molecular complexity index is 1090. The fourth-order valence-corrected chi connectivity index (χ4v) is 4.45. The van der Waals surface area contributed by atoms with E-state index in [1.54, 1.807) is 0 Å². The second-order valence-electron chi connectivity index (χ2n) is 8.78. The number of anilines is 1. The largest absolute Gasteiger partial charge is 0.488 e. The molecule has 2 saturated heterocycles. The first-order valence-corrected chi connectivity index (χ1v) is 11.2. The van der Waals surface area contributed by atoms with Gasteiger partial charge >= 0.3 is 0 Å².